The Bertz CT molecular complexity index is 1040. The van der Waals surface area contributed by atoms with Crippen LogP contribution in [0.2, 0.25) is 0 Å². The molecule has 2 aromatic heterocycles. The van der Waals surface area contributed by atoms with Gasteiger partial charge in [-0.25, -0.2) is 4.98 Å². The highest BCUT2D eigenvalue weighted by molar-refractivity contribution is 7.14. The van der Waals surface area contributed by atoms with Gasteiger partial charge in [0, 0.05) is 18.0 Å². The molecule has 1 amide bonds. The van der Waals surface area contributed by atoms with E-state index in [1.54, 1.807) is 23.6 Å². The maximum atomic E-state index is 13.1. The zero-order chi connectivity index (χ0) is 19.9. The smallest absolute Gasteiger partial charge is 0.433 e. The topological polar surface area (TPSA) is 78.3 Å². The third-order valence-corrected chi connectivity index (χ3v) is 4.77. The van der Waals surface area contributed by atoms with E-state index in [1.807, 2.05) is 0 Å². The number of amides is 1. The average Bonchev–Trinajstić information content (AvgIpc) is 3.27. The van der Waals surface area contributed by atoms with Gasteiger partial charge in [0.1, 0.15) is 13.2 Å². The molecular formula is C17H13F3N4O3S. The first-order chi connectivity index (χ1) is 13.3. The van der Waals surface area contributed by atoms with Gasteiger partial charge in [-0.2, -0.15) is 18.3 Å². The molecule has 3 heterocycles. The van der Waals surface area contributed by atoms with Crippen LogP contribution >= 0.6 is 11.3 Å². The van der Waals surface area contributed by atoms with Crippen molar-refractivity contribution >= 4 is 22.4 Å². The molecule has 146 valence electrons. The predicted octanol–water partition coefficient (Wildman–Crippen LogP) is 3.59. The van der Waals surface area contributed by atoms with Gasteiger partial charge in [0.05, 0.1) is 17.5 Å². The Morgan fingerprint density at radius 2 is 2.00 bits per heavy atom. The molecule has 1 aliphatic heterocycles. The van der Waals surface area contributed by atoms with Crippen LogP contribution in [0.3, 0.4) is 0 Å². The zero-order valence-electron chi connectivity index (χ0n) is 14.4. The van der Waals surface area contributed by atoms with Gasteiger partial charge in [-0.15, -0.1) is 11.3 Å². The summed E-state index contributed by atoms with van der Waals surface area (Å²) in [4.78, 5) is 16.6. The van der Waals surface area contributed by atoms with E-state index in [9.17, 15) is 18.0 Å². The number of aryl methyl sites for hydroxylation is 1. The standard InChI is InChI=1S/C17H13F3N4O3S/c1-24-14(17(18,19)20)10(7-21-24)15(25)23-16-22-11(8-28-16)9-2-3-12-13(6-9)27-5-4-26-12/h2-3,6-8H,4-5H2,1H3,(H,22,23,25). The van der Waals surface area contributed by atoms with Crippen LogP contribution in [0.5, 0.6) is 11.5 Å². The molecule has 28 heavy (non-hydrogen) atoms. The van der Waals surface area contributed by atoms with Crippen LogP contribution in [0, 0.1) is 0 Å². The Labute approximate surface area is 160 Å². The molecule has 0 unspecified atom stereocenters. The van der Waals surface area contributed by atoms with E-state index >= 15 is 0 Å². The summed E-state index contributed by atoms with van der Waals surface area (Å²) < 4.78 is 51.0. The van der Waals surface area contributed by atoms with Gasteiger partial charge >= 0.3 is 6.18 Å². The lowest BCUT2D eigenvalue weighted by Crippen LogP contribution is -2.20. The minimum absolute atomic E-state index is 0.173. The number of halogens is 3. The number of aromatic nitrogens is 3. The van der Waals surface area contributed by atoms with E-state index in [4.69, 9.17) is 9.47 Å². The number of ether oxygens (including phenoxy) is 2. The molecule has 3 aromatic rings. The lowest BCUT2D eigenvalue weighted by atomic mass is 10.1. The van der Waals surface area contributed by atoms with Crippen LogP contribution in [-0.4, -0.2) is 33.9 Å². The van der Waals surface area contributed by atoms with Crippen molar-refractivity contribution < 1.29 is 27.4 Å². The average molecular weight is 410 g/mol. The van der Waals surface area contributed by atoms with Crippen molar-refractivity contribution in [2.24, 2.45) is 7.05 Å². The molecule has 0 radical (unpaired) electrons. The van der Waals surface area contributed by atoms with Crippen LogP contribution in [0.25, 0.3) is 11.3 Å². The molecule has 0 saturated carbocycles. The summed E-state index contributed by atoms with van der Waals surface area (Å²) in [6.45, 7) is 0.926. The van der Waals surface area contributed by atoms with Crippen LogP contribution in [0.4, 0.5) is 18.3 Å². The van der Waals surface area contributed by atoms with Crippen molar-refractivity contribution in [3.63, 3.8) is 0 Å². The van der Waals surface area contributed by atoms with Gasteiger partial charge in [0.25, 0.3) is 5.91 Å². The van der Waals surface area contributed by atoms with Crippen molar-refractivity contribution in [3.05, 3.63) is 41.0 Å². The van der Waals surface area contributed by atoms with Crippen molar-refractivity contribution in [1.82, 2.24) is 14.8 Å². The summed E-state index contributed by atoms with van der Waals surface area (Å²) in [6.07, 6.45) is -3.81. The molecule has 1 N–H and O–H groups in total. The molecule has 0 spiro atoms. The Hall–Kier alpha value is -3.08. The van der Waals surface area contributed by atoms with E-state index in [2.05, 4.69) is 15.4 Å². The fourth-order valence-corrected chi connectivity index (χ4v) is 3.49. The lowest BCUT2D eigenvalue weighted by Gasteiger charge is -2.18. The quantitative estimate of drug-likeness (QED) is 0.714. The highest BCUT2D eigenvalue weighted by Gasteiger charge is 2.39. The summed E-state index contributed by atoms with van der Waals surface area (Å²) in [5.41, 5.74) is -0.391. The monoisotopic (exact) mass is 410 g/mol. The molecule has 7 nitrogen and oxygen atoms in total. The van der Waals surface area contributed by atoms with Crippen molar-refractivity contribution in [2.45, 2.75) is 6.18 Å². The first-order valence-electron chi connectivity index (χ1n) is 8.09. The Kier molecular flexibility index (Phi) is 4.46. The van der Waals surface area contributed by atoms with E-state index in [1.165, 1.54) is 0 Å². The minimum Gasteiger partial charge on any atom is -0.486 e. The predicted molar refractivity (Wildman–Crippen MR) is 94.7 cm³/mol. The fourth-order valence-electron chi connectivity index (χ4n) is 2.77. The van der Waals surface area contributed by atoms with Gasteiger partial charge in [-0.05, 0) is 18.2 Å². The molecule has 0 saturated heterocycles. The normalized spacial score (nSPS) is 13.4. The Morgan fingerprint density at radius 3 is 2.75 bits per heavy atom. The third-order valence-electron chi connectivity index (χ3n) is 4.01. The number of carbonyl (C=O) groups excluding carboxylic acids is 1. The number of fused-ring (bicyclic) bond motifs is 1. The highest BCUT2D eigenvalue weighted by Crippen LogP contribution is 2.36. The van der Waals surface area contributed by atoms with Crippen LogP contribution < -0.4 is 14.8 Å². The summed E-state index contributed by atoms with van der Waals surface area (Å²) in [7, 11) is 1.13. The number of hydrogen-bond donors (Lipinski definition) is 1. The number of rotatable bonds is 3. The minimum atomic E-state index is -4.70. The first kappa shape index (κ1) is 18.3. The molecule has 0 aliphatic carbocycles. The summed E-state index contributed by atoms with van der Waals surface area (Å²) >= 11 is 1.10. The number of anilines is 1. The number of carbonyl (C=O) groups is 1. The maximum Gasteiger partial charge on any atom is 0.433 e. The summed E-state index contributed by atoms with van der Waals surface area (Å²) in [6, 6.07) is 5.31. The number of thiazole rings is 1. The van der Waals surface area contributed by atoms with Gasteiger partial charge in [-0.1, -0.05) is 0 Å². The van der Waals surface area contributed by atoms with Crippen molar-refractivity contribution in [3.8, 4) is 22.8 Å². The molecular weight excluding hydrogens is 397 g/mol. The van der Waals surface area contributed by atoms with Crippen molar-refractivity contribution in [2.75, 3.05) is 18.5 Å². The van der Waals surface area contributed by atoms with E-state index in [0.717, 1.165) is 30.1 Å². The molecule has 1 aromatic carbocycles. The molecule has 11 heteroatoms. The third kappa shape index (κ3) is 3.40. The van der Waals surface area contributed by atoms with Gasteiger partial charge in [0.15, 0.2) is 22.3 Å². The second-order valence-electron chi connectivity index (χ2n) is 5.88. The van der Waals surface area contributed by atoms with Crippen LogP contribution in [0.15, 0.2) is 29.8 Å². The fraction of sp³-hybridized carbons (Fsp3) is 0.235. The second kappa shape index (κ2) is 6.82. The number of alkyl halides is 3. The number of benzene rings is 1. The van der Waals surface area contributed by atoms with Crippen molar-refractivity contribution in [1.29, 1.82) is 0 Å². The van der Waals surface area contributed by atoms with E-state index < -0.39 is 23.3 Å². The van der Waals surface area contributed by atoms with Gasteiger partial charge in [0.2, 0.25) is 0 Å². The Morgan fingerprint density at radius 1 is 1.25 bits per heavy atom. The van der Waals surface area contributed by atoms with E-state index in [-0.39, 0.29) is 5.13 Å². The highest BCUT2D eigenvalue weighted by atomic mass is 32.1. The lowest BCUT2D eigenvalue weighted by molar-refractivity contribution is -0.144. The summed E-state index contributed by atoms with van der Waals surface area (Å²) in [5.74, 6) is 0.297. The SMILES string of the molecule is Cn1ncc(C(=O)Nc2nc(-c3ccc4c(c3)OCCO4)cs2)c1C(F)(F)F. The van der Waals surface area contributed by atoms with Gasteiger partial charge in [-0.3, -0.25) is 14.8 Å². The van der Waals surface area contributed by atoms with E-state index in [0.29, 0.717) is 35.1 Å². The van der Waals surface area contributed by atoms with Crippen LogP contribution in [0.1, 0.15) is 16.1 Å². The largest absolute Gasteiger partial charge is 0.486 e. The second-order valence-corrected chi connectivity index (χ2v) is 6.74. The Balaban J connectivity index is 1.55. The summed E-state index contributed by atoms with van der Waals surface area (Å²) in [5, 5.41) is 7.79. The molecule has 0 bridgehead atoms. The molecule has 0 fully saturated rings. The molecule has 1 aliphatic rings. The number of nitrogens with zero attached hydrogens (tertiary/aromatic N) is 3. The molecule has 4 rings (SSSR count). The number of nitrogens with one attached hydrogen (secondary N) is 1. The first-order valence-corrected chi connectivity index (χ1v) is 8.97. The number of hydrogen-bond acceptors (Lipinski definition) is 6. The van der Waals surface area contributed by atoms with Crippen LogP contribution in [-0.2, 0) is 13.2 Å². The zero-order valence-corrected chi connectivity index (χ0v) is 15.2. The van der Waals surface area contributed by atoms with Gasteiger partial charge < -0.3 is 9.47 Å². The molecule has 0 atom stereocenters. The maximum absolute atomic E-state index is 13.1.